The maximum Gasteiger partial charge on any atom is 0.500 e. The Bertz CT molecular complexity index is 826. The summed E-state index contributed by atoms with van der Waals surface area (Å²) >= 11 is 0. The van der Waals surface area contributed by atoms with Crippen molar-refractivity contribution < 1.29 is 46.6 Å². The van der Waals surface area contributed by atoms with E-state index in [-0.39, 0.29) is 24.0 Å². The minimum absolute atomic E-state index is 0.142. The molecule has 1 aliphatic rings. The highest BCUT2D eigenvalue weighted by molar-refractivity contribution is 6.60. The van der Waals surface area contributed by atoms with Crippen LogP contribution in [0.25, 0.3) is 0 Å². The number of rotatable bonds is 23. The van der Waals surface area contributed by atoms with Crippen LogP contribution in [0.15, 0.2) is 36.5 Å². The van der Waals surface area contributed by atoms with Gasteiger partial charge in [-0.15, -0.1) is 0 Å². The lowest BCUT2D eigenvalue weighted by atomic mass is 10.1. The van der Waals surface area contributed by atoms with Crippen molar-refractivity contribution in [3.05, 3.63) is 36.5 Å². The van der Waals surface area contributed by atoms with E-state index in [1.807, 2.05) is 0 Å². The Morgan fingerprint density at radius 2 is 1.00 bits per heavy atom. The lowest BCUT2D eigenvalue weighted by Gasteiger charge is -2.24. The summed E-state index contributed by atoms with van der Waals surface area (Å²) in [6.45, 7) is 19.6. The minimum Gasteiger partial charge on any atom is -0.462 e. The fourth-order valence-electron chi connectivity index (χ4n) is 3.47. The van der Waals surface area contributed by atoms with Crippen LogP contribution in [0.2, 0.25) is 6.04 Å². The minimum atomic E-state index is -2.53. The van der Waals surface area contributed by atoms with Crippen molar-refractivity contribution in [2.45, 2.75) is 110 Å². The van der Waals surface area contributed by atoms with Gasteiger partial charge in [-0.3, -0.25) is 0 Å². The van der Waals surface area contributed by atoms with Gasteiger partial charge in [-0.25, -0.2) is 14.4 Å². The predicted molar refractivity (Wildman–Crippen MR) is 175 cm³/mol. The molecule has 0 amide bonds. The molecule has 0 aliphatic carbocycles. The largest absolute Gasteiger partial charge is 0.500 e. The summed E-state index contributed by atoms with van der Waals surface area (Å²) in [5, 5.41) is 0. The molecule has 0 aromatic carbocycles. The highest BCUT2D eigenvalue weighted by atomic mass is 28.4. The molecule has 0 aromatic heterocycles. The van der Waals surface area contributed by atoms with Crippen LogP contribution in [0.1, 0.15) is 98.3 Å². The number of carbonyl (C=O) groups excluding carboxylic acids is 3. The first-order valence-electron chi connectivity index (χ1n) is 15.6. The van der Waals surface area contributed by atoms with Crippen molar-refractivity contribution in [3.63, 3.8) is 0 Å². The first-order chi connectivity index (χ1) is 20.9. The zero-order chi connectivity index (χ0) is 33.8. The van der Waals surface area contributed by atoms with Crippen molar-refractivity contribution >= 4 is 26.7 Å². The van der Waals surface area contributed by atoms with Crippen LogP contribution in [0.5, 0.6) is 0 Å². The quantitative estimate of drug-likeness (QED) is 0.0290. The van der Waals surface area contributed by atoms with Crippen molar-refractivity contribution in [2.75, 3.05) is 47.8 Å². The summed E-state index contributed by atoms with van der Waals surface area (Å²) in [6, 6.07) is 0.611. The Morgan fingerprint density at radius 1 is 0.636 bits per heavy atom. The average Bonchev–Trinajstić information content (AvgIpc) is 3.84. The molecule has 44 heavy (non-hydrogen) atoms. The number of carbonyl (C=O) groups is 3. The summed E-state index contributed by atoms with van der Waals surface area (Å²) in [5.74, 6) is -0.971. The van der Waals surface area contributed by atoms with Gasteiger partial charge >= 0.3 is 26.7 Å². The van der Waals surface area contributed by atoms with Gasteiger partial charge in [0.25, 0.3) is 0 Å². The maximum atomic E-state index is 11.1. The summed E-state index contributed by atoms with van der Waals surface area (Å²) < 4.78 is 35.3. The smallest absolute Gasteiger partial charge is 0.462 e. The molecule has 1 unspecified atom stereocenters. The predicted octanol–water partition coefficient (Wildman–Crippen LogP) is 6.91. The van der Waals surface area contributed by atoms with Gasteiger partial charge in [-0.2, -0.15) is 0 Å². The van der Waals surface area contributed by atoms with Crippen molar-refractivity contribution in [1.82, 2.24) is 0 Å². The van der Waals surface area contributed by atoms with Crippen LogP contribution in [0.4, 0.5) is 0 Å². The number of esters is 3. The molecule has 0 N–H and O–H groups in total. The molecule has 1 saturated heterocycles. The van der Waals surface area contributed by atoms with Gasteiger partial charge in [-0.1, -0.05) is 84.4 Å². The Labute approximate surface area is 267 Å². The van der Waals surface area contributed by atoms with E-state index in [9.17, 15) is 14.4 Å². The molecule has 0 aromatic rings. The molecular weight excluding hydrogens is 584 g/mol. The number of hydrogen-bond acceptors (Lipinski definition) is 10. The van der Waals surface area contributed by atoms with Gasteiger partial charge in [-0.05, 0) is 33.6 Å². The topological polar surface area (TPSA) is 119 Å². The van der Waals surface area contributed by atoms with Gasteiger partial charge in [0.05, 0.1) is 19.8 Å². The summed E-state index contributed by atoms with van der Waals surface area (Å²) in [4.78, 5) is 32.9. The maximum absolute atomic E-state index is 11.1. The molecule has 1 rings (SSSR count). The molecule has 1 fully saturated rings. The van der Waals surface area contributed by atoms with Gasteiger partial charge in [0, 0.05) is 44.1 Å². The first kappa shape index (κ1) is 43.8. The Balaban J connectivity index is 0. The molecule has 0 radical (unpaired) electrons. The van der Waals surface area contributed by atoms with Crippen LogP contribution in [-0.4, -0.2) is 80.6 Å². The summed E-state index contributed by atoms with van der Waals surface area (Å²) in [7, 11) is 2.13. The van der Waals surface area contributed by atoms with E-state index in [2.05, 4.69) is 26.7 Å². The SMILES string of the molecule is C=C(C)C(=O)OCC1CO1.C=C(C)C(=O)OCCCCCCCCCCCC.C=C(C)C(=O)OCCC[Si](OC)(OC)OC. The second-order valence-electron chi connectivity index (χ2n) is 10.7. The molecule has 1 heterocycles. The van der Waals surface area contributed by atoms with Crippen molar-refractivity contribution in [3.8, 4) is 0 Å². The second kappa shape index (κ2) is 28.2. The molecule has 256 valence electrons. The monoisotopic (exact) mass is 644 g/mol. The lowest BCUT2D eigenvalue weighted by Crippen LogP contribution is -2.42. The molecule has 0 bridgehead atoms. The van der Waals surface area contributed by atoms with E-state index in [1.54, 1.807) is 42.1 Å². The normalized spacial score (nSPS) is 13.3. The third-order valence-electron chi connectivity index (χ3n) is 6.37. The molecule has 0 spiro atoms. The highest BCUT2D eigenvalue weighted by Gasteiger charge is 2.37. The molecular formula is C33H60O10Si. The van der Waals surface area contributed by atoms with Crippen LogP contribution >= 0.6 is 0 Å². The fourth-order valence-corrected chi connectivity index (χ4v) is 5.16. The van der Waals surface area contributed by atoms with Crippen molar-refractivity contribution in [2.24, 2.45) is 0 Å². The van der Waals surface area contributed by atoms with Gasteiger partial charge < -0.3 is 32.2 Å². The number of hydrogen-bond donors (Lipinski definition) is 0. The van der Waals surface area contributed by atoms with Gasteiger partial charge in [0.1, 0.15) is 12.7 Å². The first-order valence-corrected chi connectivity index (χ1v) is 17.6. The third kappa shape index (κ3) is 26.1. The van der Waals surface area contributed by atoms with Crippen LogP contribution in [0, 0.1) is 0 Å². The molecule has 0 saturated carbocycles. The summed E-state index contributed by atoms with van der Waals surface area (Å²) in [5.41, 5.74) is 1.32. The van der Waals surface area contributed by atoms with Crippen molar-refractivity contribution in [1.29, 1.82) is 0 Å². The number of epoxide rings is 1. The lowest BCUT2D eigenvalue weighted by molar-refractivity contribution is -0.140. The van der Waals surface area contributed by atoms with E-state index < -0.39 is 8.80 Å². The Hall–Kier alpha value is -2.31. The highest BCUT2D eigenvalue weighted by Crippen LogP contribution is 2.15. The van der Waals surface area contributed by atoms with Crippen LogP contribution in [-0.2, 0) is 46.6 Å². The second-order valence-corrected chi connectivity index (χ2v) is 13.8. The van der Waals surface area contributed by atoms with E-state index in [0.717, 1.165) is 6.42 Å². The fraction of sp³-hybridized carbons (Fsp3) is 0.727. The van der Waals surface area contributed by atoms with E-state index in [0.29, 0.717) is 55.6 Å². The molecule has 11 heteroatoms. The average molecular weight is 645 g/mol. The van der Waals surface area contributed by atoms with Crippen LogP contribution in [0.3, 0.4) is 0 Å². The molecule has 10 nitrogen and oxygen atoms in total. The summed E-state index contributed by atoms with van der Waals surface area (Å²) in [6.07, 6.45) is 13.7. The zero-order valence-corrected chi connectivity index (χ0v) is 29.6. The standard InChI is InChI=1S/C16H30O2.C10H20O5Si.C7H10O3/c1-4-5-6-7-8-9-10-11-12-13-14-18-16(17)15(2)3;1-9(2)10(11)15-7-6-8-16(12-3,13-4)14-5;1-5(2)7(8)10-4-6-3-9-6/h2,4-14H2,1,3H3;1,6-8H2,2-5H3;6H,1,3-4H2,2H3. The Morgan fingerprint density at radius 3 is 1.36 bits per heavy atom. The zero-order valence-electron chi connectivity index (χ0n) is 28.6. The van der Waals surface area contributed by atoms with Gasteiger partial charge in [0.2, 0.25) is 0 Å². The number of unbranched alkanes of at least 4 members (excludes halogenated alkanes) is 9. The molecule has 1 atom stereocenters. The van der Waals surface area contributed by atoms with E-state index in [4.69, 9.17) is 32.2 Å². The van der Waals surface area contributed by atoms with Crippen LogP contribution < -0.4 is 0 Å². The van der Waals surface area contributed by atoms with E-state index in [1.165, 1.54) is 57.8 Å². The third-order valence-corrected chi connectivity index (χ3v) is 9.20. The molecule has 1 aliphatic heterocycles. The Kier molecular flexibility index (Phi) is 28.1. The number of ether oxygens (including phenoxy) is 4. The van der Waals surface area contributed by atoms with Gasteiger partial charge in [0.15, 0.2) is 0 Å². The van der Waals surface area contributed by atoms with E-state index >= 15 is 0 Å².